The molecule has 1 aromatic heterocycles. The van der Waals surface area contributed by atoms with E-state index in [-0.39, 0.29) is 5.78 Å². The van der Waals surface area contributed by atoms with Crippen LogP contribution in [0.4, 0.5) is 5.00 Å². The van der Waals surface area contributed by atoms with Crippen LogP contribution in [-0.2, 0) is 0 Å². The number of anilines is 1. The summed E-state index contributed by atoms with van der Waals surface area (Å²) < 4.78 is 0. The van der Waals surface area contributed by atoms with Crippen LogP contribution < -0.4 is 5.73 Å². The highest BCUT2D eigenvalue weighted by Crippen LogP contribution is 2.35. The van der Waals surface area contributed by atoms with Gasteiger partial charge in [-0.15, -0.1) is 11.3 Å². The van der Waals surface area contributed by atoms with E-state index in [1.807, 2.05) is 66.9 Å². The summed E-state index contributed by atoms with van der Waals surface area (Å²) in [6.07, 6.45) is 0. The minimum atomic E-state index is -0.0207. The number of aryl methyl sites for hydroxylation is 1. The number of carbonyl (C=O) groups is 1. The zero-order chi connectivity index (χ0) is 14.8. The maximum Gasteiger partial charge on any atom is 0.196 e. The molecule has 0 atom stereocenters. The Balaban J connectivity index is 2.08. The standard InChI is InChI=1S/C18H15NOS/c1-12-7-9-14(10-8-12)17(20)16-15(11-21-18(16)19)13-5-3-2-4-6-13/h2-11H,19H2,1H3. The Morgan fingerprint density at radius 1 is 1.00 bits per heavy atom. The molecule has 0 aliphatic heterocycles. The van der Waals surface area contributed by atoms with Gasteiger partial charge in [0.1, 0.15) is 0 Å². The highest BCUT2D eigenvalue weighted by molar-refractivity contribution is 7.15. The molecule has 21 heavy (non-hydrogen) atoms. The molecule has 2 nitrogen and oxygen atoms in total. The molecule has 0 amide bonds. The van der Waals surface area contributed by atoms with Gasteiger partial charge < -0.3 is 5.73 Å². The number of ketones is 1. The number of benzene rings is 2. The van der Waals surface area contributed by atoms with Crippen molar-refractivity contribution in [2.75, 3.05) is 5.73 Å². The Morgan fingerprint density at radius 3 is 2.33 bits per heavy atom. The van der Waals surface area contributed by atoms with Crippen molar-refractivity contribution in [2.45, 2.75) is 6.92 Å². The predicted octanol–water partition coefficient (Wildman–Crippen LogP) is 4.54. The molecule has 2 N–H and O–H groups in total. The van der Waals surface area contributed by atoms with Gasteiger partial charge in [0.2, 0.25) is 0 Å². The summed E-state index contributed by atoms with van der Waals surface area (Å²) in [5.41, 5.74) is 10.4. The molecule has 3 aromatic rings. The number of nitrogen functional groups attached to an aromatic ring is 1. The van der Waals surface area contributed by atoms with E-state index in [1.165, 1.54) is 11.3 Å². The summed E-state index contributed by atoms with van der Waals surface area (Å²) in [6, 6.07) is 17.5. The first-order valence-corrected chi connectivity index (χ1v) is 7.58. The Bertz CT molecular complexity index is 773. The normalized spacial score (nSPS) is 10.5. The van der Waals surface area contributed by atoms with Crippen LogP contribution in [0.5, 0.6) is 0 Å². The fraction of sp³-hybridized carbons (Fsp3) is 0.0556. The largest absolute Gasteiger partial charge is 0.390 e. The lowest BCUT2D eigenvalue weighted by Gasteiger charge is -2.06. The third-order valence-corrected chi connectivity index (χ3v) is 4.26. The second-order valence-corrected chi connectivity index (χ2v) is 5.86. The number of nitrogens with two attached hydrogens (primary N) is 1. The minimum absolute atomic E-state index is 0.0207. The van der Waals surface area contributed by atoms with E-state index in [1.54, 1.807) is 0 Å². The SMILES string of the molecule is Cc1ccc(C(=O)c2c(-c3ccccc3)csc2N)cc1. The van der Waals surface area contributed by atoms with Gasteiger partial charge in [-0.2, -0.15) is 0 Å². The molecule has 1 heterocycles. The van der Waals surface area contributed by atoms with E-state index in [9.17, 15) is 4.79 Å². The number of hydrogen-bond acceptors (Lipinski definition) is 3. The van der Waals surface area contributed by atoms with E-state index < -0.39 is 0 Å². The quantitative estimate of drug-likeness (QED) is 0.721. The third-order valence-electron chi connectivity index (χ3n) is 3.45. The predicted molar refractivity (Wildman–Crippen MR) is 88.8 cm³/mol. The maximum atomic E-state index is 12.8. The van der Waals surface area contributed by atoms with Crippen LogP contribution in [-0.4, -0.2) is 5.78 Å². The van der Waals surface area contributed by atoms with Crippen molar-refractivity contribution in [3.63, 3.8) is 0 Å². The zero-order valence-corrected chi connectivity index (χ0v) is 12.5. The first-order chi connectivity index (χ1) is 10.2. The van der Waals surface area contributed by atoms with Gasteiger partial charge in [0.25, 0.3) is 0 Å². The maximum absolute atomic E-state index is 12.8. The zero-order valence-electron chi connectivity index (χ0n) is 11.7. The van der Waals surface area contributed by atoms with Gasteiger partial charge in [0.05, 0.1) is 10.6 Å². The Morgan fingerprint density at radius 2 is 1.67 bits per heavy atom. The van der Waals surface area contributed by atoms with Crippen LogP contribution in [0.1, 0.15) is 21.5 Å². The summed E-state index contributed by atoms with van der Waals surface area (Å²) in [7, 11) is 0. The van der Waals surface area contributed by atoms with Crippen molar-refractivity contribution in [3.8, 4) is 11.1 Å². The van der Waals surface area contributed by atoms with Gasteiger partial charge in [0.15, 0.2) is 5.78 Å². The molecule has 104 valence electrons. The molecule has 0 spiro atoms. The topological polar surface area (TPSA) is 43.1 Å². The van der Waals surface area contributed by atoms with Crippen molar-refractivity contribution < 1.29 is 4.79 Å². The minimum Gasteiger partial charge on any atom is -0.390 e. The van der Waals surface area contributed by atoms with Crippen molar-refractivity contribution >= 4 is 22.1 Å². The van der Waals surface area contributed by atoms with Gasteiger partial charge in [-0.25, -0.2) is 0 Å². The van der Waals surface area contributed by atoms with Crippen LogP contribution in [0.3, 0.4) is 0 Å². The van der Waals surface area contributed by atoms with Crippen LogP contribution in [0.2, 0.25) is 0 Å². The number of hydrogen-bond donors (Lipinski definition) is 1. The van der Waals surface area contributed by atoms with Gasteiger partial charge in [-0.05, 0) is 12.5 Å². The van der Waals surface area contributed by atoms with Crippen LogP contribution >= 0.6 is 11.3 Å². The molecule has 3 heteroatoms. The average molecular weight is 293 g/mol. The molecule has 0 bridgehead atoms. The van der Waals surface area contributed by atoms with Crippen LogP contribution in [0, 0.1) is 6.92 Å². The van der Waals surface area contributed by atoms with E-state index in [0.717, 1.165) is 16.7 Å². The van der Waals surface area contributed by atoms with Gasteiger partial charge in [0, 0.05) is 16.5 Å². The van der Waals surface area contributed by atoms with Crippen molar-refractivity contribution in [3.05, 3.63) is 76.7 Å². The molecule has 0 fully saturated rings. The molecular formula is C18H15NOS. The van der Waals surface area contributed by atoms with Crippen molar-refractivity contribution in [1.82, 2.24) is 0 Å². The summed E-state index contributed by atoms with van der Waals surface area (Å²) in [6.45, 7) is 2.00. The van der Waals surface area contributed by atoms with Gasteiger partial charge in [-0.1, -0.05) is 60.2 Å². The molecule has 0 aliphatic rings. The molecule has 0 saturated heterocycles. The fourth-order valence-corrected chi connectivity index (χ4v) is 3.11. The molecule has 0 saturated carbocycles. The van der Waals surface area contributed by atoms with Gasteiger partial charge in [-0.3, -0.25) is 4.79 Å². The molecule has 0 aliphatic carbocycles. The lowest BCUT2D eigenvalue weighted by atomic mass is 9.97. The van der Waals surface area contributed by atoms with E-state index in [4.69, 9.17) is 5.73 Å². The smallest absolute Gasteiger partial charge is 0.196 e. The lowest BCUT2D eigenvalue weighted by molar-refractivity contribution is 0.104. The van der Waals surface area contributed by atoms with Crippen molar-refractivity contribution in [1.29, 1.82) is 0 Å². The fourth-order valence-electron chi connectivity index (χ4n) is 2.29. The highest BCUT2D eigenvalue weighted by Gasteiger charge is 2.19. The Hall–Kier alpha value is -2.39. The van der Waals surface area contributed by atoms with Crippen LogP contribution in [0.25, 0.3) is 11.1 Å². The molecule has 3 rings (SSSR count). The molecule has 0 unspecified atom stereocenters. The van der Waals surface area contributed by atoms with Crippen LogP contribution in [0.15, 0.2) is 60.0 Å². The number of rotatable bonds is 3. The van der Waals surface area contributed by atoms with Gasteiger partial charge >= 0.3 is 0 Å². The highest BCUT2D eigenvalue weighted by atomic mass is 32.1. The average Bonchev–Trinajstić information content (AvgIpc) is 2.90. The molecular weight excluding hydrogens is 278 g/mol. The molecule has 2 aromatic carbocycles. The first-order valence-electron chi connectivity index (χ1n) is 6.70. The second-order valence-electron chi connectivity index (χ2n) is 4.95. The number of thiophene rings is 1. The summed E-state index contributed by atoms with van der Waals surface area (Å²) in [5.74, 6) is -0.0207. The first kappa shape index (κ1) is 13.6. The summed E-state index contributed by atoms with van der Waals surface area (Å²) in [5, 5.41) is 2.52. The summed E-state index contributed by atoms with van der Waals surface area (Å²) in [4.78, 5) is 12.8. The Labute approximate surface area is 127 Å². The van der Waals surface area contributed by atoms with E-state index in [0.29, 0.717) is 16.1 Å². The third kappa shape index (κ3) is 2.60. The van der Waals surface area contributed by atoms with E-state index >= 15 is 0 Å². The summed E-state index contributed by atoms with van der Waals surface area (Å²) >= 11 is 1.41. The lowest BCUT2D eigenvalue weighted by Crippen LogP contribution is -2.04. The number of carbonyl (C=O) groups excluding carboxylic acids is 1. The Kier molecular flexibility index (Phi) is 3.59. The van der Waals surface area contributed by atoms with E-state index in [2.05, 4.69) is 0 Å². The second kappa shape index (κ2) is 5.54. The van der Waals surface area contributed by atoms with Crippen molar-refractivity contribution in [2.24, 2.45) is 0 Å². The molecule has 0 radical (unpaired) electrons. The monoisotopic (exact) mass is 293 g/mol.